The summed E-state index contributed by atoms with van der Waals surface area (Å²) in [4.78, 5) is 0. The molecule has 0 radical (unpaired) electrons. The molecular formula is C10H11ClFN. The van der Waals surface area contributed by atoms with Gasteiger partial charge in [-0.15, -0.1) is 0 Å². The fourth-order valence-electron chi connectivity index (χ4n) is 0.954. The van der Waals surface area contributed by atoms with E-state index in [1.165, 1.54) is 6.07 Å². The first-order valence-electron chi connectivity index (χ1n) is 3.96. The Kier molecular flexibility index (Phi) is 3.46. The average molecular weight is 200 g/mol. The van der Waals surface area contributed by atoms with Crippen LogP contribution in [0.1, 0.15) is 12.5 Å². The summed E-state index contributed by atoms with van der Waals surface area (Å²) < 4.78 is 13.2. The van der Waals surface area contributed by atoms with Crippen molar-refractivity contribution in [3.05, 3.63) is 40.2 Å². The molecule has 0 unspecified atom stereocenters. The van der Waals surface area contributed by atoms with Crippen molar-refractivity contribution >= 4 is 17.7 Å². The Hall–Kier alpha value is -0.860. The van der Waals surface area contributed by atoms with Crippen LogP contribution >= 0.6 is 11.6 Å². The van der Waals surface area contributed by atoms with Gasteiger partial charge in [0.1, 0.15) is 5.82 Å². The molecule has 0 amide bonds. The molecule has 13 heavy (non-hydrogen) atoms. The molecule has 0 fully saturated rings. The standard InChI is InChI=1S/C10H11ClFN/c1-7(6-13)5-8-9(11)3-2-4-10(8)12/h2-5H,6,13H2,1H3. The van der Waals surface area contributed by atoms with E-state index in [0.717, 1.165) is 5.57 Å². The van der Waals surface area contributed by atoms with Gasteiger partial charge in [-0.3, -0.25) is 0 Å². The van der Waals surface area contributed by atoms with Gasteiger partial charge in [0.05, 0.1) is 5.02 Å². The van der Waals surface area contributed by atoms with E-state index >= 15 is 0 Å². The number of nitrogens with two attached hydrogens (primary N) is 1. The van der Waals surface area contributed by atoms with Crippen molar-refractivity contribution in [3.8, 4) is 0 Å². The number of hydrogen-bond donors (Lipinski definition) is 1. The highest BCUT2D eigenvalue weighted by molar-refractivity contribution is 6.32. The van der Waals surface area contributed by atoms with E-state index in [9.17, 15) is 4.39 Å². The van der Waals surface area contributed by atoms with Gasteiger partial charge in [0, 0.05) is 12.1 Å². The van der Waals surface area contributed by atoms with Crippen LogP contribution in [0.25, 0.3) is 6.08 Å². The first-order valence-corrected chi connectivity index (χ1v) is 4.34. The zero-order valence-corrected chi connectivity index (χ0v) is 8.11. The van der Waals surface area contributed by atoms with E-state index in [1.807, 2.05) is 6.92 Å². The SMILES string of the molecule is CC(=Cc1c(F)cccc1Cl)CN. The van der Waals surface area contributed by atoms with Gasteiger partial charge in [-0.2, -0.15) is 0 Å². The quantitative estimate of drug-likeness (QED) is 0.779. The maximum atomic E-state index is 13.2. The highest BCUT2D eigenvalue weighted by Gasteiger charge is 2.03. The Labute approximate surface area is 82.0 Å². The lowest BCUT2D eigenvalue weighted by atomic mass is 10.1. The topological polar surface area (TPSA) is 26.0 Å². The van der Waals surface area contributed by atoms with Crippen molar-refractivity contribution in [2.75, 3.05) is 6.54 Å². The lowest BCUT2D eigenvalue weighted by Crippen LogP contribution is -1.99. The normalized spacial score (nSPS) is 11.8. The summed E-state index contributed by atoms with van der Waals surface area (Å²) in [6.07, 6.45) is 1.66. The van der Waals surface area contributed by atoms with E-state index in [-0.39, 0.29) is 5.82 Å². The van der Waals surface area contributed by atoms with Crippen molar-refractivity contribution in [3.63, 3.8) is 0 Å². The van der Waals surface area contributed by atoms with Gasteiger partial charge in [-0.05, 0) is 19.1 Å². The summed E-state index contributed by atoms with van der Waals surface area (Å²) in [5, 5.41) is 0.410. The number of halogens is 2. The molecule has 0 heterocycles. The Morgan fingerprint density at radius 3 is 2.85 bits per heavy atom. The molecule has 1 nitrogen and oxygen atoms in total. The molecule has 0 saturated carbocycles. The second-order valence-electron chi connectivity index (χ2n) is 2.83. The van der Waals surface area contributed by atoms with Crippen LogP contribution in [-0.4, -0.2) is 6.54 Å². The van der Waals surface area contributed by atoms with Gasteiger partial charge in [-0.1, -0.05) is 29.3 Å². The van der Waals surface area contributed by atoms with Crippen LogP contribution < -0.4 is 5.73 Å². The summed E-state index contributed by atoms with van der Waals surface area (Å²) in [7, 11) is 0. The zero-order valence-electron chi connectivity index (χ0n) is 7.35. The number of benzene rings is 1. The summed E-state index contributed by atoms with van der Waals surface area (Å²) in [5.41, 5.74) is 6.69. The predicted octanol–water partition coefficient (Wildman–Crippen LogP) is 2.84. The van der Waals surface area contributed by atoms with Crippen LogP contribution in [0.4, 0.5) is 4.39 Å². The summed E-state index contributed by atoms with van der Waals surface area (Å²) in [6, 6.07) is 4.61. The second kappa shape index (κ2) is 4.40. The van der Waals surface area contributed by atoms with E-state index in [4.69, 9.17) is 17.3 Å². The van der Waals surface area contributed by atoms with Crippen LogP contribution in [-0.2, 0) is 0 Å². The average Bonchev–Trinajstić information content (AvgIpc) is 2.11. The van der Waals surface area contributed by atoms with Crippen LogP contribution in [0.5, 0.6) is 0 Å². The van der Waals surface area contributed by atoms with Crippen molar-refractivity contribution in [1.82, 2.24) is 0 Å². The predicted molar refractivity (Wildman–Crippen MR) is 54.1 cm³/mol. The first kappa shape index (κ1) is 10.2. The minimum atomic E-state index is -0.319. The number of rotatable bonds is 2. The first-order chi connectivity index (χ1) is 6.15. The molecule has 0 bridgehead atoms. The zero-order chi connectivity index (χ0) is 9.84. The molecule has 1 aromatic rings. The minimum Gasteiger partial charge on any atom is -0.327 e. The molecule has 0 aliphatic heterocycles. The largest absolute Gasteiger partial charge is 0.327 e. The Morgan fingerprint density at radius 1 is 1.62 bits per heavy atom. The molecule has 0 aliphatic rings. The molecule has 0 saturated heterocycles. The van der Waals surface area contributed by atoms with E-state index in [2.05, 4.69) is 0 Å². The van der Waals surface area contributed by atoms with Gasteiger partial charge in [-0.25, -0.2) is 4.39 Å². The molecule has 1 aromatic carbocycles. The maximum absolute atomic E-state index is 13.2. The third-order valence-corrected chi connectivity index (χ3v) is 2.04. The molecule has 3 heteroatoms. The third-order valence-electron chi connectivity index (χ3n) is 1.71. The fraction of sp³-hybridized carbons (Fsp3) is 0.200. The monoisotopic (exact) mass is 199 g/mol. The van der Waals surface area contributed by atoms with Crippen LogP contribution in [0.3, 0.4) is 0 Å². The molecule has 0 aromatic heterocycles. The molecular weight excluding hydrogens is 189 g/mol. The Bertz CT molecular complexity index is 313. The highest BCUT2D eigenvalue weighted by atomic mass is 35.5. The molecule has 2 N–H and O–H groups in total. The molecule has 0 spiro atoms. The van der Waals surface area contributed by atoms with Gasteiger partial charge in [0.15, 0.2) is 0 Å². The Balaban J connectivity index is 3.14. The third kappa shape index (κ3) is 2.54. The maximum Gasteiger partial charge on any atom is 0.131 e. The van der Waals surface area contributed by atoms with Crippen LogP contribution in [0.15, 0.2) is 23.8 Å². The molecule has 0 aliphatic carbocycles. The van der Waals surface area contributed by atoms with Crippen molar-refractivity contribution in [1.29, 1.82) is 0 Å². The van der Waals surface area contributed by atoms with Crippen molar-refractivity contribution < 1.29 is 4.39 Å². The lowest BCUT2D eigenvalue weighted by Gasteiger charge is -2.01. The van der Waals surface area contributed by atoms with Crippen molar-refractivity contribution in [2.24, 2.45) is 5.73 Å². The summed E-state index contributed by atoms with van der Waals surface area (Å²) in [6.45, 7) is 2.24. The van der Waals surface area contributed by atoms with E-state index < -0.39 is 0 Å². The van der Waals surface area contributed by atoms with Crippen LogP contribution in [0, 0.1) is 5.82 Å². The fourth-order valence-corrected chi connectivity index (χ4v) is 1.17. The van der Waals surface area contributed by atoms with Gasteiger partial charge < -0.3 is 5.73 Å². The smallest absolute Gasteiger partial charge is 0.131 e. The molecule has 0 atom stereocenters. The molecule has 1 rings (SSSR count). The lowest BCUT2D eigenvalue weighted by molar-refractivity contribution is 0.625. The number of hydrogen-bond acceptors (Lipinski definition) is 1. The summed E-state index contributed by atoms with van der Waals surface area (Å²) in [5.74, 6) is -0.319. The summed E-state index contributed by atoms with van der Waals surface area (Å²) >= 11 is 5.81. The Morgan fingerprint density at radius 2 is 2.31 bits per heavy atom. The second-order valence-corrected chi connectivity index (χ2v) is 3.24. The molecule has 70 valence electrons. The van der Waals surface area contributed by atoms with Gasteiger partial charge >= 0.3 is 0 Å². The van der Waals surface area contributed by atoms with E-state index in [1.54, 1.807) is 18.2 Å². The highest BCUT2D eigenvalue weighted by Crippen LogP contribution is 2.21. The van der Waals surface area contributed by atoms with Crippen molar-refractivity contribution in [2.45, 2.75) is 6.92 Å². The minimum absolute atomic E-state index is 0.319. The van der Waals surface area contributed by atoms with Crippen LogP contribution in [0.2, 0.25) is 5.02 Å². The van der Waals surface area contributed by atoms with Gasteiger partial charge in [0.25, 0.3) is 0 Å². The van der Waals surface area contributed by atoms with Gasteiger partial charge in [0.2, 0.25) is 0 Å². The van der Waals surface area contributed by atoms with E-state index in [0.29, 0.717) is 17.1 Å².